The second kappa shape index (κ2) is 10.4. The van der Waals surface area contributed by atoms with Crippen LogP contribution in [0.4, 0.5) is 15.9 Å². The van der Waals surface area contributed by atoms with Crippen LogP contribution in [0.15, 0.2) is 53.8 Å². The van der Waals surface area contributed by atoms with E-state index in [-0.39, 0.29) is 12.4 Å². The van der Waals surface area contributed by atoms with E-state index in [1.807, 2.05) is 48.5 Å². The molecular weight excluding hydrogens is 461 g/mol. The summed E-state index contributed by atoms with van der Waals surface area (Å²) in [6.07, 6.45) is 4.58. The van der Waals surface area contributed by atoms with Gasteiger partial charge in [0.25, 0.3) is 0 Å². The van der Waals surface area contributed by atoms with Crippen LogP contribution in [-0.2, 0) is 7.05 Å². The number of pyridine rings is 1. The Morgan fingerprint density at radius 2 is 2.03 bits per heavy atom. The zero-order valence-corrected chi connectivity index (χ0v) is 19.6. The van der Waals surface area contributed by atoms with Crippen molar-refractivity contribution in [1.82, 2.24) is 19.7 Å². The quantitative estimate of drug-likeness (QED) is 0.544. The molecule has 3 aromatic rings. The van der Waals surface area contributed by atoms with Crippen LogP contribution in [-0.4, -0.2) is 58.4 Å². The van der Waals surface area contributed by atoms with Gasteiger partial charge in [0.2, 0.25) is 5.88 Å². The Hall–Kier alpha value is -3.21. The molecule has 0 spiro atoms. The van der Waals surface area contributed by atoms with Crippen LogP contribution in [0.3, 0.4) is 0 Å². The summed E-state index contributed by atoms with van der Waals surface area (Å²) in [7, 11) is 1.87. The minimum Gasteiger partial charge on any atom is -0.491 e. The third-order valence-electron chi connectivity index (χ3n) is 5.69. The summed E-state index contributed by atoms with van der Waals surface area (Å²) >= 11 is 0. The van der Waals surface area contributed by atoms with Crippen molar-refractivity contribution < 1.29 is 13.9 Å². The molecule has 1 unspecified atom stereocenters. The van der Waals surface area contributed by atoms with Crippen LogP contribution in [0.1, 0.15) is 18.2 Å². The van der Waals surface area contributed by atoms with Gasteiger partial charge in [-0.15, -0.1) is 12.4 Å². The molecule has 0 aliphatic carbocycles. The summed E-state index contributed by atoms with van der Waals surface area (Å²) in [5.74, 6) is 2.45. The minimum absolute atomic E-state index is 0. The molecular formula is C23H27ClFN7O2. The molecule has 9 nitrogen and oxygen atoms in total. The largest absolute Gasteiger partial charge is 0.491 e. The SMILES string of the molecule is Cl.Cn1ccc(N2C=NC(N)c3cc(Oc4ccc(OCCN5CC[C@@H](F)C5)cn4)ccc32)n1. The molecule has 0 saturated carbocycles. The average Bonchev–Trinajstić information content (AvgIpc) is 3.43. The summed E-state index contributed by atoms with van der Waals surface area (Å²) in [6.45, 7) is 2.46. The van der Waals surface area contributed by atoms with E-state index in [1.54, 1.807) is 23.3 Å². The maximum atomic E-state index is 13.2. The molecule has 1 fully saturated rings. The zero-order valence-electron chi connectivity index (χ0n) is 18.7. The Morgan fingerprint density at radius 1 is 1.18 bits per heavy atom. The molecule has 0 bridgehead atoms. The van der Waals surface area contributed by atoms with Crippen molar-refractivity contribution in [1.29, 1.82) is 0 Å². The number of hydrogen-bond acceptors (Lipinski definition) is 8. The number of fused-ring (bicyclic) bond motifs is 1. The molecule has 2 aliphatic heterocycles. The van der Waals surface area contributed by atoms with Crippen LogP contribution in [0.2, 0.25) is 0 Å². The van der Waals surface area contributed by atoms with Gasteiger partial charge in [-0.05, 0) is 30.7 Å². The standard InChI is InChI=1S/C23H26FN7O2.ClH/c1-29-8-7-21(28-29)31-15-27-23(25)19-12-17(2-4-20(19)31)33-22-5-3-18(13-26-22)32-11-10-30-9-6-16(24)14-30;/h2-5,7-8,12-13,15-16,23H,6,9-11,14,25H2,1H3;1H/t16-,23?;/m1./s1. The molecule has 5 rings (SSSR count). The summed E-state index contributed by atoms with van der Waals surface area (Å²) in [6, 6.07) is 11.1. The Bertz CT molecular complexity index is 1140. The van der Waals surface area contributed by atoms with E-state index in [2.05, 4.69) is 20.0 Å². The predicted molar refractivity (Wildman–Crippen MR) is 130 cm³/mol. The van der Waals surface area contributed by atoms with Crippen LogP contribution in [0.25, 0.3) is 0 Å². The van der Waals surface area contributed by atoms with Gasteiger partial charge < -0.3 is 15.2 Å². The van der Waals surface area contributed by atoms with Crippen molar-refractivity contribution >= 4 is 30.3 Å². The van der Waals surface area contributed by atoms with Crippen LogP contribution >= 0.6 is 12.4 Å². The van der Waals surface area contributed by atoms with Gasteiger partial charge in [-0.1, -0.05) is 0 Å². The van der Waals surface area contributed by atoms with Gasteiger partial charge in [0, 0.05) is 50.6 Å². The Balaban J connectivity index is 0.00000274. The number of aryl methyl sites for hydroxylation is 1. The number of alkyl halides is 1. The number of benzene rings is 1. The number of hydrogen-bond donors (Lipinski definition) is 1. The molecule has 180 valence electrons. The van der Waals surface area contributed by atoms with Crippen LogP contribution < -0.4 is 20.1 Å². The molecule has 0 amide bonds. The first kappa shape index (κ1) is 23.9. The summed E-state index contributed by atoms with van der Waals surface area (Å²) in [4.78, 5) is 12.7. The number of nitrogens with two attached hydrogens (primary N) is 1. The van der Waals surface area contributed by atoms with Gasteiger partial charge in [0.05, 0.1) is 18.2 Å². The first-order chi connectivity index (χ1) is 16.0. The lowest BCUT2D eigenvalue weighted by Gasteiger charge is -2.27. The topological polar surface area (TPSA) is 94.0 Å². The van der Waals surface area contributed by atoms with Gasteiger partial charge in [-0.2, -0.15) is 5.10 Å². The van der Waals surface area contributed by atoms with Gasteiger partial charge >= 0.3 is 0 Å². The fourth-order valence-corrected chi connectivity index (χ4v) is 3.96. The van der Waals surface area contributed by atoms with E-state index < -0.39 is 12.3 Å². The molecule has 1 aromatic carbocycles. The van der Waals surface area contributed by atoms with Crippen molar-refractivity contribution in [3.8, 4) is 17.4 Å². The summed E-state index contributed by atoms with van der Waals surface area (Å²) in [5, 5.41) is 4.44. The van der Waals surface area contributed by atoms with Crippen molar-refractivity contribution in [2.45, 2.75) is 18.8 Å². The molecule has 11 heteroatoms. The van der Waals surface area contributed by atoms with Gasteiger partial charge in [0.1, 0.15) is 30.4 Å². The number of nitrogens with zero attached hydrogens (tertiary/aromatic N) is 6. The van der Waals surface area contributed by atoms with Gasteiger partial charge in [-0.3, -0.25) is 19.5 Å². The zero-order chi connectivity index (χ0) is 22.8. The highest BCUT2D eigenvalue weighted by Crippen LogP contribution is 2.36. The van der Waals surface area contributed by atoms with Crippen LogP contribution in [0, 0.1) is 0 Å². The summed E-state index contributed by atoms with van der Waals surface area (Å²) < 4.78 is 26.6. The molecule has 34 heavy (non-hydrogen) atoms. The van der Waals surface area contributed by atoms with Gasteiger partial charge in [-0.25, -0.2) is 9.37 Å². The third-order valence-corrected chi connectivity index (χ3v) is 5.69. The lowest BCUT2D eigenvalue weighted by atomic mass is 10.1. The lowest BCUT2D eigenvalue weighted by Crippen LogP contribution is -2.26. The smallest absolute Gasteiger partial charge is 0.219 e. The number of anilines is 2. The maximum absolute atomic E-state index is 13.2. The van der Waals surface area contributed by atoms with Gasteiger partial charge in [0.15, 0.2) is 5.82 Å². The number of aliphatic imine (C=N–C) groups is 1. The summed E-state index contributed by atoms with van der Waals surface area (Å²) in [5.41, 5.74) is 7.94. The number of aromatic nitrogens is 3. The fraction of sp³-hybridized carbons (Fsp3) is 0.348. The normalized spacial score (nSPS) is 19.6. The number of likely N-dealkylation sites (tertiary alicyclic amines) is 1. The van der Waals surface area contributed by atoms with E-state index >= 15 is 0 Å². The molecule has 2 atom stereocenters. The van der Waals surface area contributed by atoms with Crippen molar-refractivity contribution in [2.75, 3.05) is 31.1 Å². The predicted octanol–water partition coefficient (Wildman–Crippen LogP) is 3.59. The highest BCUT2D eigenvalue weighted by molar-refractivity contribution is 5.91. The van der Waals surface area contributed by atoms with Crippen molar-refractivity contribution in [2.24, 2.45) is 17.8 Å². The van der Waals surface area contributed by atoms with E-state index in [0.29, 0.717) is 43.5 Å². The number of ether oxygens (including phenoxy) is 2. The molecule has 2 aromatic heterocycles. The minimum atomic E-state index is -0.717. The highest BCUT2D eigenvalue weighted by atomic mass is 35.5. The van der Waals surface area contributed by atoms with Crippen molar-refractivity contribution in [3.63, 3.8) is 0 Å². The van der Waals surface area contributed by atoms with Crippen molar-refractivity contribution in [3.05, 3.63) is 54.4 Å². The average molecular weight is 488 g/mol. The van der Waals surface area contributed by atoms with E-state index in [1.165, 1.54) is 0 Å². The fourth-order valence-electron chi connectivity index (χ4n) is 3.96. The Morgan fingerprint density at radius 3 is 2.74 bits per heavy atom. The number of rotatable bonds is 7. The Kier molecular flexibility index (Phi) is 7.30. The van der Waals surface area contributed by atoms with E-state index in [0.717, 1.165) is 23.6 Å². The van der Waals surface area contributed by atoms with E-state index in [4.69, 9.17) is 15.2 Å². The molecule has 1 saturated heterocycles. The second-order valence-corrected chi connectivity index (χ2v) is 8.12. The lowest BCUT2D eigenvalue weighted by molar-refractivity contribution is 0.224. The molecule has 2 aliphatic rings. The molecule has 0 radical (unpaired) electrons. The Labute approximate surface area is 203 Å². The molecule has 2 N–H and O–H groups in total. The van der Waals surface area contributed by atoms with Crippen LogP contribution in [0.5, 0.6) is 17.4 Å². The first-order valence-corrected chi connectivity index (χ1v) is 10.9. The second-order valence-electron chi connectivity index (χ2n) is 8.12. The third kappa shape index (κ3) is 5.30. The maximum Gasteiger partial charge on any atom is 0.219 e. The highest BCUT2D eigenvalue weighted by Gasteiger charge is 2.23. The first-order valence-electron chi connectivity index (χ1n) is 10.9. The van der Waals surface area contributed by atoms with E-state index in [9.17, 15) is 4.39 Å². The monoisotopic (exact) mass is 487 g/mol. The molecule has 4 heterocycles. The number of halogens is 2.